The van der Waals surface area contributed by atoms with Gasteiger partial charge in [0.2, 0.25) is 5.91 Å². The van der Waals surface area contributed by atoms with Gasteiger partial charge in [0.05, 0.1) is 10.3 Å². The minimum Gasteiger partial charge on any atom is -0.351 e. The lowest BCUT2D eigenvalue weighted by atomic mass is 9.80. The third-order valence-corrected chi connectivity index (χ3v) is 5.07. The molecule has 0 spiro atoms. The highest BCUT2D eigenvalue weighted by Gasteiger charge is 2.29. The second-order valence-corrected chi connectivity index (χ2v) is 7.63. The SMILES string of the molecule is NC1(CC(=O)NCc2ccc(Br)s2)CCCCC1. The summed E-state index contributed by atoms with van der Waals surface area (Å²) in [6.45, 7) is 0.602. The molecule has 1 aromatic rings. The maximum Gasteiger partial charge on any atom is 0.222 e. The largest absolute Gasteiger partial charge is 0.351 e. The molecule has 0 atom stereocenters. The van der Waals surface area contributed by atoms with E-state index in [0.717, 1.165) is 34.3 Å². The third kappa shape index (κ3) is 4.07. The normalized spacial score (nSPS) is 18.6. The van der Waals surface area contributed by atoms with Crippen molar-refractivity contribution in [1.29, 1.82) is 0 Å². The van der Waals surface area contributed by atoms with E-state index in [-0.39, 0.29) is 11.4 Å². The fraction of sp³-hybridized carbons (Fsp3) is 0.615. The number of hydrogen-bond donors (Lipinski definition) is 2. The topological polar surface area (TPSA) is 55.1 Å². The number of halogens is 1. The van der Waals surface area contributed by atoms with E-state index in [2.05, 4.69) is 21.2 Å². The van der Waals surface area contributed by atoms with Crippen molar-refractivity contribution in [1.82, 2.24) is 5.32 Å². The summed E-state index contributed by atoms with van der Waals surface area (Å²) in [7, 11) is 0. The van der Waals surface area contributed by atoms with Gasteiger partial charge >= 0.3 is 0 Å². The molecule has 1 aromatic heterocycles. The second kappa shape index (κ2) is 6.17. The molecule has 0 saturated heterocycles. The second-order valence-electron chi connectivity index (χ2n) is 5.08. The molecular weight excluding hydrogens is 312 g/mol. The average Bonchev–Trinajstić information content (AvgIpc) is 2.73. The molecule has 5 heteroatoms. The zero-order valence-corrected chi connectivity index (χ0v) is 12.8. The summed E-state index contributed by atoms with van der Waals surface area (Å²) >= 11 is 5.06. The first-order chi connectivity index (χ1) is 8.57. The van der Waals surface area contributed by atoms with Crippen LogP contribution in [-0.2, 0) is 11.3 Å². The zero-order chi connectivity index (χ0) is 13.0. The van der Waals surface area contributed by atoms with Gasteiger partial charge in [-0.25, -0.2) is 0 Å². The van der Waals surface area contributed by atoms with E-state index in [1.165, 1.54) is 6.42 Å². The van der Waals surface area contributed by atoms with Crippen molar-refractivity contribution in [2.45, 2.75) is 50.6 Å². The van der Waals surface area contributed by atoms with Crippen LogP contribution in [0.15, 0.2) is 15.9 Å². The molecule has 0 bridgehead atoms. The van der Waals surface area contributed by atoms with E-state index in [9.17, 15) is 4.79 Å². The summed E-state index contributed by atoms with van der Waals surface area (Å²) in [6, 6.07) is 4.02. The fourth-order valence-electron chi connectivity index (χ4n) is 2.45. The van der Waals surface area contributed by atoms with Gasteiger partial charge in [-0.05, 0) is 40.9 Å². The molecule has 0 unspecified atom stereocenters. The van der Waals surface area contributed by atoms with E-state index in [1.54, 1.807) is 11.3 Å². The number of amides is 1. The van der Waals surface area contributed by atoms with Gasteiger partial charge in [0.1, 0.15) is 0 Å². The maximum absolute atomic E-state index is 11.9. The molecule has 1 heterocycles. The van der Waals surface area contributed by atoms with Crippen molar-refractivity contribution in [2.24, 2.45) is 5.73 Å². The molecule has 100 valence electrons. The van der Waals surface area contributed by atoms with Crippen molar-refractivity contribution in [3.05, 3.63) is 20.8 Å². The fourth-order valence-corrected chi connectivity index (χ4v) is 3.87. The highest BCUT2D eigenvalue weighted by molar-refractivity contribution is 9.11. The lowest BCUT2D eigenvalue weighted by Crippen LogP contribution is -2.45. The van der Waals surface area contributed by atoms with Crippen molar-refractivity contribution in [3.8, 4) is 0 Å². The Balaban J connectivity index is 1.78. The minimum atomic E-state index is -0.266. The summed E-state index contributed by atoms with van der Waals surface area (Å²) in [5.41, 5.74) is 6.00. The molecule has 3 nitrogen and oxygen atoms in total. The summed E-state index contributed by atoms with van der Waals surface area (Å²) in [4.78, 5) is 13.1. The van der Waals surface area contributed by atoms with E-state index in [0.29, 0.717) is 13.0 Å². The highest BCUT2D eigenvalue weighted by Crippen LogP contribution is 2.28. The van der Waals surface area contributed by atoms with E-state index < -0.39 is 0 Å². The lowest BCUT2D eigenvalue weighted by Gasteiger charge is -2.32. The van der Waals surface area contributed by atoms with Crippen molar-refractivity contribution >= 4 is 33.2 Å². The monoisotopic (exact) mass is 330 g/mol. The van der Waals surface area contributed by atoms with Crippen LogP contribution in [0.25, 0.3) is 0 Å². The van der Waals surface area contributed by atoms with Gasteiger partial charge in [-0.2, -0.15) is 0 Å². The Labute approximate surface area is 120 Å². The quantitative estimate of drug-likeness (QED) is 0.890. The molecule has 1 aliphatic carbocycles. The molecule has 1 aliphatic rings. The first-order valence-electron chi connectivity index (χ1n) is 6.37. The summed E-state index contributed by atoms with van der Waals surface area (Å²) in [6.07, 6.45) is 5.97. The summed E-state index contributed by atoms with van der Waals surface area (Å²) < 4.78 is 1.09. The van der Waals surface area contributed by atoms with Gasteiger partial charge in [-0.15, -0.1) is 11.3 Å². The predicted octanol–water partition coefficient (Wildman–Crippen LogP) is 3.18. The van der Waals surface area contributed by atoms with Crippen LogP contribution >= 0.6 is 27.3 Å². The predicted molar refractivity (Wildman–Crippen MR) is 78.5 cm³/mol. The van der Waals surface area contributed by atoms with Gasteiger partial charge in [0.25, 0.3) is 0 Å². The van der Waals surface area contributed by atoms with Gasteiger partial charge in [0.15, 0.2) is 0 Å². The van der Waals surface area contributed by atoms with E-state index in [1.807, 2.05) is 12.1 Å². The summed E-state index contributed by atoms with van der Waals surface area (Å²) in [5.74, 6) is 0.0731. The number of carbonyl (C=O) groups is 1. The van der Waals surface area contributed by atoms with Crippen molar-refractivity contribution < 1.29 is 4.79 Å². The number of carbonyl (C=O) groups excluding carboxylic acids is 1. The van der Waals surface area contributed by atoms with E-state index >= 15 is 0 Å². The van der Waals surface area contributed by atoms with Crippen molar-refractivity contribution in [2.75, 3.05) is 0 Å². The number of thiophene rings is 1. The molecule has 3 N–H and O–H groups in total. The Morgan fingerprint density at radius 2 is 2.11 bits per heavy atom. The van der Waals surface area contributed by atoms with Gasteiger partial charge in [-0.3, -0.25) is 4.79 Å². The Morgan fingerprint density at radius 3 is 2.72 bits per heavy atom. The standard InChI is InChI=1S/C13H19BrN2OS/c14-11-5-4-10(18-11)9-16-12(17)8-13(15)6-2-1-3-7-13/h4-5H,1-3,6-9,15H2,(H,16,17). The van der Waals surface area contributed by atoms with Crippen molar-refractivity contribution in [3.63, 3.8) is 0 Å². The lowest BCUT2D eigenvalue weighted by molar-refractivity contribution is -0.122. The van der Waals surface area contributed by atoms with E-state index in [4.69, 9.17) is 5.73 Å². The first-order valence-corrected chi connectivity index (χ1v) is 7.98. The third-order valence-electron chi connectivity index (χ3n) is 3.45. The first kappa shape index (κ1) is 14.0. The molecule has 0 radical (unpaired) electrons. The zero-order valence-electron chi connectivity index (χ0n) is 10.4. The average molecular weight is 331 g/mol. The molecule has 1 fully saturated rings. The summed E-state index contributed by atoms with van der Waals surface area (Å²) in [5, 5.41) is 2.96. The van der Waals surface area contributed by atoms with Gasteiger partial charge in [0, 0.05) is 16.8 Å². The Kier molecular flexibility index (Phi) is 4.81. The Hall–Kier alpha value is -0.390. The van der Waals surface area contributed by atoms with Gasteiger partial charge in [-0.1, -0.05) is 19.3 Å². The number of rotatable bonds is 4. The molecule has 1 saturated carbocycles. The smallest absolute Gasteiger partial charge is 0.222 e. The number of hydrogen-bond acceptors (Lipinski definition) is 3. The van der Waals surface area contributed by atoms with Crippen LogP contribution in [0.4, 0.5) is 0 Å². The number of nitrogens with two attached hydrogens (primary N) is 1. The molecule has 2 rings (SSSR count). The van der Waals surface area contributed by atoms with Crippen LogP contribution in [0.1, 0.15) is 43.4 Å². The molecule has 1 amide bonds. The molecule has 0 aromatic carbocycles. The minimum absolute atomic E-state index is 0.0731. The Bertz CT molecular complexity index is 413. The van der Waals surface area contributed by atoms with Crippen LogP contribution < -0.4 is 11.1 Å². The van der Waals surface area contributed by atoms with Crippen LogP contribution in [0.3, 0.4) is 0 Å². The number of nitrogens with one attached hydrogen (secondary N) is 1. The van der Waals surface area contributed by atoms with Crippen LogP contribution in [0, 0.1) is 0 Å². The van der Waals surface area contributed by atoms with Crippen LogP contribution in [-0.4, -0.2) is 11.4 Å². The molecule has 0 aliphatic heterocycles. The molecular formula is C13H19BrN2OS. The molecule has 18 heavy (non-hydrogen) atoms. The van der Waals surface area contributed by atoms with Crippen LogP contribution in [0.5, 0.6) is 0 Å². The maximum atomic E-state index is 11.9. The highest BCUT2D eigenvalue weighted by atomic mass is 79.9. The van der Waals surface area contributed by atoms with Crippen LogP contribution in [0.2, 0.25) is 0 Å². The van der Waals surface area contributed by atoms with Gasteiger partial charge < -0.3 is 11.1 Å². The Morgan fingerprint density at radius 1 is 1.39 bits per heavy atom.